The van der Waals surface area contributed by atoms with E-state index in [1.165, 1.54) is 19.4 Å². The van der Waals surface area contributed by atoms with Crippen LogP contribution in [0.2, 0.25) is 0 Å². The van der Waals surface area contributed by atoms with Gasteiger partial charge in [-0.25, -0.2) is 0 Å². The maximum Gasteiger partial charge on any atom is 0.136 e. The maximum atomic E-state index is 11.3. The Kier molecular flexibility index (Phi) is 2.41. The monoisotopic (exact) mass is 181 g/mol. The van der Waals surface area contributed by atoms with E-state index in [9.17, 15) is 4.79 Å². The van der Waals surface area contributed by atoms with E-state index in [4.69, 9.17) is 0 Å². The zero-order valence-electron chi connectivity index (χ0n) is 8.62. The molecule has 2 rings (SSSR count). The molecular formula is C11H19NO. The number of rotatable bonds is 2. The molecule has 2 heterocycles. The third-order valence-electron chi connectivity index (χ3n) is 3.27. The van der Waals surface area contributed by atoms with Crippen molar-refractivity contribution >= 4 is 5.78 Å². The lowest BCUT2D eigenvalue weighted by Gasteiger charge is -2.35. The first-order valence-electron chi connectivity index (χ1n) is 5.44. The second-order valence-electron chi connectivity index (χ2n) is 4.92. The predicted molar refractivity (Wildman–Crippen MR) is 52.6 cm³/mol. The van der Waals surface area contributed by atoms with Crippen LogP contribution in [0.25, 0.3) is 0 Å². The van der Waals surface area contributed by atoms with Gasteiger partial charge in [0.15, 0.2) is 0 Å². The number of hydrogen-bond donors (Lipinski definition) is 0. The molecular weight excluding hydrogens is 162 g/mol. The van der Waals surface area contributed by atoms with E-state index in [1.807, 2.05) is 0 Å². The van der Waals surface area contributed by atoms with Crippen LogP contribution in [-0.4, -0.2) is 29.3 Å². The topological polar surface area (TPSA) is 20.3 Å². The molecule has 0 amide bonds. The lowest BCUT2D eigenvalue weighted by Crippen LogP contribution is -2.44. The Bertz CT molecular complexity index is 196. The van der Waals surface area contributed by atoms with Crippen molar-refractivity contribution in [3.63, 3.8) is 0 Å². The van der Waals surface area contributed by atoms with Gasteiger partial charge in [-0.15, -0.1) is 0 Å². The van der Waals surface area contributed by atoms with Gasteiger partial charge in [0, 0.05) is 31.5 Å². The molecule has 2 heteroatoms. The van der Waals surface area contributed by atoms with Crippen molar-refractivity contribution in [2.24, 2.45) is 5.92 Å². The smallest absolute Gasteiger partial charge is 0.136 e. The molecule has 2 nitrogen and oxygen atoms in total. The Hall–Kier alpha value is -0.370. The summed E-state index contributed by atoms with van der Waals surface area (Å²) >= 11 is 0. The Balaban J connectivity index is 2.02. The summed E-state index contributed by atoms with van der Waals surface area (Å²) in [5.74, 6) is 1.23. The third-order valence-corrected chi connectivity index (χ3v) is 3.27. The largest absolute Gasteiger partial charge is 0.300 e. The van der Waals surface area contributed by atoms with Crippen molar-refractivity contribution in [2.45, 2.75) is 51.6 Å². The summed E-state index contributed by atoms with van der Waals surface area (Å²) in [5.41, 5.74) is 0. The molecule has 2 unspecified atom stereocenters. The number of carbonyl (C=O) groups is 1. The molecule has 0 spiro atoms. The van der Waals surface area contributed by atoms with Gasteiger partial charge in [0.25, 0.3) is 0 Å². The Morgan fingerprint density at radius 3 is 2.31 bits per heavy atom. The highest BCUT2D eigenvalue weighted by atomic mass is 16.1. The van der Waals surface area contributed by atoms with Gasteiger partial charge in [-0.3, -0.25) is 9.69 Å². The highest BCUT2D eigenvalue weighted by Crippen LogP contribution is 2.34. The van der Waals surface area contributed by atoms with Crippen LogP contribution in [0.3, 0.4) is 0 Å². The van der Waals surface area contributed by atoms with Gasteiger partial charge in [0.05, 0.1) is 0 Å². The Labute approximate surface area is 80.3 Å². The number of hydrogen-bond acceptors (Lipinski definition) is 2. The maximum absolute atomic E-state index is 11.3. The zero-order valence-corrected chi connectivity index (χ0v) is 8.62. The van der Waals surface area contributed by atoms with Crippen molar-refractivity contribution in [3.8, 4) is 0 Å². The molecule has 0 aromatic carbocycles. The average Bonchev–Trinajstić information content (AvgIpc) is 2.32. The van der Waals surface area contributed by atoms with Crippen molar-refractivity contribution in [1.29, 1.82) is 0 Å². The van der Waals surface area contributed by atoms with E-state index in [0.29, 0.717) is 17.9 Å². The summed E-state index contributed by atoms with van der Waals surface area (Å²) in [5, 5.41) is 0. The van der Waals surface area contributed by atoms with Crippen molar-refractivity contribution in [2.75, 3.05) is 6.54 Å². The summed E-state index contributed by atoms with van der Waals surface area (Å²) in [6.07, 6.45) is 4.15. The minimum absolute atomic E-state index is 0.493. The molecule has 2 atom stereocenters. The number of fused-ring (bicyclic) bond motifs is 2. The van der Waals surface area contributed by atoms with E-state index in [1.54, 1.807) is 0 Å². The number of nitrogens with zero attached hydrogens (tertiary/aromatic N) is 1. The van der Waals surface area contributed by atoms with Crippen LogP contribution in [0.4, 0.5) is 0 Å². The Morgan fingerprint density at radius 1 is 1.31 bits per heavy atom. The van der Waals surface area contributed by atoms with E-state index in [0.717, 1.165) is 18.8 Å². The highest BCUT2D eigenvalue weighted by molar-refractivity contribution is 5.80. The van der Waals surface area contributed by atoms with E-state index in [-0.39, 0.29) is 0 Å². The molecule has 0 aliphatic carbocycles. The van der Waals surface area contributed by atoms with Crippen LogP contribution in [0.1, 0.15) is 39.5 Å². The molecule has 2 saturated heterocycles. The van der Waals surface area contributed by atoms with Crippen molar-refractivity contribution in [1.82, 2.24) is 4.90 Å². The third kappa shape index (κ3) is 1.78. The normalized spacial score (nSPS) is 34.5. The zero-order chi connectivity index (χ0) is 9.42. The molecule has 2 aliphatic heterocycles. The van der Waals surface area contributed by atoms with E-state index >= 15 is 0 Å². The summed E-state index contributed by atoms with van der Waals surface area (Å²) in [6, 6.07) is 1.18. The lowest BCUT2D eigenvalue weighted by molar-refractivity contribution is -0.123. The van der Waals surface area contributed by atoms with Gasteiger partial charge in [0.1, 0.15) is 5.78 Å². The fourth-order valence-corrected chi connectivity index (χ4v) is 2.78. The number of ketones is 1. The van der Waals surface area contributed by atoms with Crippen LogP contribution in [0.5, 0.6) is 0 Å². The minimum atomic E-state index is 0.493. The van der Waals surface area contributed by atoms with Crippen LogP contribution in [-0.2, 0) is 4.79 Å². The second-order valence-corrected chi connectivity index (χ2v) is 4.92. The van der Waals surface area contributed by atoms with Gasteiger partial charge in [0.2, 0.25) is 0 Å². The SMILES string of the molecule is CC(C)CN1C2CCC1CC(=O)C2. The molecule has 2 bridgehead atoms. The molecule has 0 radical (unpaired) electrons. The minimum Gasteiger partial charge on any atom is -0.300 e. The lowest BCUT2D eigenvalue weighted by atomic mass is 10.00. The standard InChI is InChI=1S/C11H19NO/c1-8(2)7-12-9-3-4-10(12)6-11(13)5-9/h8-10H,3-7H2,1-2H3. The fraction of sp³-hybridized carbons (Fsp3) is 0.909. The number of Topliss-reactive ketones (excluding diaryl/α,β-unsaturated/α-hetero) is 1. The summed E-state index contributed by atoms with van der Waals surface area (Å²) < 4.78 is 0. The quantitative estimate of drug-likeness (QED) is 0.648. The van der Waals surface area contributed by atoms with Crippen LogP contribution >= 0.6 is 0 Å². The molecule has 2 aliphatic rings. The molecule has 0 N–H and O–H groups in total. The Morgan fingerprint density at radius 2 is 1.85 bits per heavy atom. The molecule has 2 fully saturated rings. The predicted octanol–water partition coefficient (Wildman–Crippen LogP) is 1.84. The number of carbonyl (C=O) groups excluding carboxylic acids is 1. The molecule has 0 aromatic heterocycles. The van der Waals surface area contributed by atoms with Crippen LogP contribution in [0, 0.1) is 5.92 Å². The van der Waals surface area contributed by atoms with Crippen molar-refractivity contribution in [3.05, 3.63) is 0 Å². The van der Waals surface area contributed by atoms with E-state index in [2.05, 4.69) is 18.7 Å². The molecule has 0 aromatic rings. The summed E-state index contributed by atoms with van der Waals surface area (Å²) in [7, 11) is 0. The first kappa shape index (κ1) is 9.20. The van der Waals surface area contributed by atoms with Gasteiger partial charge in [-0.1, -0.05) is 13.8 Å². The van der Waals surface area contributed by atoms with E-state index < -0.39 is 0 Å². The fourth-order valence-electron chi connectivity index (χ4n) is 2.78. The van der Waals surface area contributed by atoms with Gasteiger partial charge < -0.3 is 0 Å². The highest BCUT2D eigenvalue weighted by Gasteiger charge is 2.39. The van der Waals surface area contributed by atoms with Crippen molar-refractivity contribution < 1.29 is 4.79 Å². The van der Waals surface area contributed by atoms with Gasteiger partial charge in [-0.05, 0) is 18.8 Å². The van der Waals surface area contributed by atoms with Crippen LogP contribution < -0.4 is 0 Å². The first-order valence-corrected chi connectivity index (χ1v) is 5.44. The number of piperidine rings is 1. The average molecular weight is 181 g/mol. The van der Waals surface area contributed by atoms with Gasteiger partial charge in [-0.2, -0.15) is 0 Å². The second kappa shape index (κ2) is 3.41. The first-order chi connectivity index (χ1) is 6.16. The van der Waals surface area contributed by atoms with Crippen LogP contribution in [0.15, 0.2) is 0 Å². The molecule has 0 saturated carbocycles. The summed E-state index contributed by atoms with van der Waals surface area (Å²) in [4.78, 5) is 13.9. The molecule has 13 heavy (non-hydrogen) atoms. The summed E-state index contributed by atoms with van der Waals surface area (Å²) in [6.45, 7) is 5.70. The molecule has 74 valence electrons. The van der Waals surface area contributed by atoms with Gasteiger partial charge >= 0.3 is 0 Å².